The van der Waals surface area contributed by atoms with Crippen LogP contribution in [-0.4, -0.2) is 37.3 Å². The van der Waals surface area contributed by atoms with Gasteiger partial charge in [-0.15, -0.1) is 0 Å². The molecule has 0 amide bonds. The monoisotopic (exact) mass is 294 g/mol. The number of rotatable bonds is 8. The number of aryl methyl sites for hydroxylation is 1. The van der Waals surface area contributed by atoms with Gasteiger partial charge in [-0.1, -0.05) is 12.1 Å². The summed E-state index contributed by atoms with van der Waals surface area (Å²) in [6, 6.07) is 8.11. The van der Waals surface area contributed by atoms with Crippen LogP contribution < -0.4 is 4.74 Å². The van der Waals surface area contributed by atoms with Gasteiger partial charge in [0.15, 0.2) is 5.79 Å². The maximum Gasteiger partial charge on any atom is 0.166 e. The lowest BCUT2D eigenvalue weighted by atomic mass is 10.1. The molecule has 2 rings (SSSR count). The van der Waals surface area contributed by atoms with Crippen molar-refractivity contribution in [2.45, 2.75) is 50.9 Å². The van der Waals surface area contributed by atoms with E-state index in [1.807, 2.05) is 19.1 Å². The summed E-state index contributed by atoms with van der Waals surface area (Å²) in [7, 11) is 1.67. The van der Waals surface area contributed by atoms with Crippen molar-refractivity contribution in [3.63, 3.8) is 0 Å². The Morgan fingerprint density at radius 1 is 1.29 bits per heavy atom. The lowest BCUT2D eigenvalue weighted by Crippen LogP contribution is -2.27. The Morgan fingerprint density at radius 3 is 2.71 bits per heavy atom. The summed E-state index contributed by atoms with van der Waals surface area (Å²) in [5.74, 6) is 0.395. The van der Waals surface area contributed by atoms with Crippen molar-refractivity contribution in [3.8, 4) is 5.75 Å². The fourth-order valence-electron chi connectivity index (χ4n) is 2.61. The number of aliphatic hydroxyl groups is 1. The highest BCUT2D eigenvalue weighted by Gasteiger charge is 2.36. The van der Waals surface area contributed by atoms with Gasteiger partial charge in [-0.05, 0) is 50.3 Å². The molecule has 0 unspecified atom stereocenters. The molecule has 4 heteroatoms. The second-order valence-electron chi connectivity index (χ2n) is 5.75. The standard InChI is InChI=1S/C17H26O4/c1-17(20-13-16(21-17)5-3-4-12-18)11-10-14-6-8-15(19-2)9-7-14/h6-9,16,18H,3-5,10-13H2,1-2H3/t16-,17+/m1/s1. The Balaban J connectivity index is 1.76. The molecule has 1 saturated heterocycles. The maximum absolute atomic E-state index is 8.81. The molecule has 1 heterocycles. The summed E-state index contributed by atoms with van der Waals surface area (Å²) in [5.41, 5.74) is 1.26. The molecule has 1 N–H and O–H groups in total. The van der Waals surface area contributed by atoms with E-state index >= 15 is 0 Å². The van der Waals surface area contributed by atoms with Crippen LogP contribution in [0.5, 0.6) is 5.75 Å². The van der Waals surface area contributed by atoms with Gasteiger partial charge in [-0.3, -0.25) is 0 Å². The smallest absolute Gasteiger partial charge is 0.166 e. The van der Waals surface area contributed by atoms with Crippen molar-refractivity contribution in [2.75, 3.05) is 20.3 Å². The van der Waals surface area contributed by atoms with E-state index in [4.69, 9.17) is 19.3 Å². The molecule has 0 spiro atoms. The molecule has 1 aromatic rings. The zero-order valence-electron chi connectivity index (χ0n) is 13.0. The Kier molecular flexibility index (Phi) is 6.03. The Bertz CT molecular complexity index is 417. The lowest BCUT2D eigenvalue weighted by Gasteiger charge is -2.23. The maximum atomic E-state index is 8.81. The highest BCUT2D eigenvalue weighted by molar-refractivity contribution is 5.27. The molecule has 2 atom stereocenters. The highest BCUT2D eigenvalue weighted by Crippen LogP contribution is 2.30. The van der Waals surface area contributed by atoms with E-state index in [1.54, 1.807) is 7.11 Å². The highest BCUT2D eigenvalue weighted by atomic mass is 16.7. The van der Waals surface area contributed by atoms with Crippen LogP contribution in [-0.2, 0) is 15.9 Å². The fraction of sp³-hybridized carbons (Fsp3) is 0.647. The Hall–Kier alpha value is -1.10. The molecule has 21 heavy (non-hydrogen) atoms. The molecule has 4 nitrogen and oxygen atoms in total. The lowest BCUT2D eigenvalue weighted by molar-refractivity contribution is -0.158. The topological polar surface area (TPSA) is 47.9 Å². The minimum Gasteiger partial charge on any atom is -0.497 e. The fourth-order valence-corrected chi connectivity index (χ4v) is 2.61. The molecule has 1 aromatic carbocycles. The number of hydrogen-bond donors (Lipinski definition) is 1. The Labute approximate surface area is 127 Å². The van der Waals surface area contributed by atoms with Crippen molar-refractivity contribution in [1.29, 1.82) is 0 Å². The van der Waals surface area contributed by atoms with E-state index in [2.05, 4.69) is 12.1 Å². The largest absolute Gasteiger partial charge is 0.497 e. The number of methoxy groups -OCH3 is 1. The summed E-state index contributed by atoms with van der Waals surface area (Å²) in [4.78, 5) is 0. The first-order chi connectivity index (χ1) is 10.1. The molecular weight excluding hydrogens is 268 g/mol. The molecule has 0 aliphatic carbocycles. The van der Waals surface area contributed by atoms with Crippen molar-refractivity contribution < 1.29 is 19.3 Å². The third-order valence-electron chi connectivity index (χ3n) is 3.95. The van der Waals surface area contributed by atoms with Crippen LogP contribution in [0.15, 0.2) is 24.3 Å². The van der Waals surface area contributed by atoms with Gasteiger partial charge in [0.1, 0.15) is 5.75 Å². The molecule has 1 aliphatic heterocycles. The molecule has 0 bridgehead atoms. The SMILES string of the molecule is COc1ccc(CC[C@@]2(C)OC[C@@H](CCCCO)O2)cc1. The summed E-state index contributed by atoms with van der Waals surface area (Å²) in [5, 5.41) is 8.81. The zero-order chi connectivity index (χ0) is 15.1. The molecule has 1 fully saturated rings. The van der Waals surface area contributed by atoms with Crippen LogP contribution in [0.1, 0.15) is 38.2 Å². The van der Waals surface area contributed by atoms with Crippen molar-refractivity contribution in [3.05, 3.63) is 29.8 Å². The molecule has 1 aliphatic rings. The van der Waals surface area contributed by atoms with Crippen LogP contribution in [0.3, 0.4) is 0 Å². The van der Waals surface area contributed by atoms with E-state index in [-0.39, 0.29) is 12.7 Å². The van der Waals surface area contributed by atoms with Crippen LogP contribution in [0.2, 0.25) is 0 Å². The first kappa shape index (κ1) is 16.3. The van der Waals surface area contributed by atoms with Gasteiger partial charge in [-0.25, -0.2) is 0 Å². The molecule has 0 radical (unpaired) electrons. The number of aliphatic hydroxyl groups excluding tert-OH is 1. The van der Waals surface area contributed by atoms with Crippen molar-refractivity contribution >= 4 is 0 Å². The average molecular weight is 294 g/mol. The summed E-state index contributed by atoms with van der Waals surface area (Å²) < 4.78 is 17.0. The number of benzene rings is 1. The van der Waals surface area contributed by atoms with E-state index in [0.717, 1.165) is 37.9 Å². The van der Waals surface area contributed by atoms with Gasteiger partial charge < -0.3 is 19.3 Å². The molecule has 0 saturated carbocycles. The van der Waals surface area contributed by atoms with Crippen molar-refractivity contribution in [1.82, 2.24) is 0 Å². The first-order valence-corrected chi connectivity index (χ1v) is 7.71. The van der Waals surface area contributed by atoms with Crippen LogP contribution >= 0.6 is 0 Å². The van der Waals surface area contributed by atoms with Crippen LogP contribution in [0.4, 0.5) is 0 Å². The van der Waals surface area contributed by atoms with Gasteiger partial charge >= 0.3 is 0 Å². The van der Waals surface area contributed by atoms with Gasteiger partial charge in [0, 0.05) is 13.0 Å². The normalized spacial score (nSPS) is 25.2. The van der Waals surface area contributed by atoms with Crippen LogP contribution in [0, 0.1) is 0 Å². The summed E-state index contributed by atoms with van der Waals surface area (Å²) >= 11 is 0. The number of unbranched alkanes of at least 4 members (excludes halogenated alkanes) is 1. The Morgan fingerprint density at radius 2 is 2.05 bits per heavy atom. The second-order valence-corrected chi connectivity index (χ2v) is 5.75. The zero-order valence-corrected chi connectivity index (χ0v) is 13.0. The van der Waals surface area contributed by atoms with Gasteiger partial charge in [-0.2, -0.15) is 0 Å². The van der Waals surface area contributed by atoms with Crippen LogP contribution in [0.25, 0.3) is 0 Å². The van der Waals surface area contributed by atoms with E-state index in [9.17, 15) is 0 Å². The van der Waals surface area contributed by atoms with Crippen molar-refractivity contribution in [2.24, 2.45) is 0 Å². The quantitative estimate of drug-likeness (QED) is 0.749. The van der Waals surface area contributed by atoms with Gasteiger partial charge in [0.2, 0.25) is 0 Å². The summed E-state index contributed by atoms with van der Waals surface area (Å²) in [6.07, 6.45) is 4.71. The van der Waals surface area contributed by atoms with E-state index < -0.39 is 5.79 Å². The minimum absolute atomic E-state index is 0.164. The van der Waals surface area contributed by atoms with E-state index in [1.165, 1.54) is 5.56 Å². The molecule has 0 aromatic heterocycles. The summed E-state index contributed by atoms with van der Waals surface area (Å²) in [6.45, 7) is 2.93. The number of ether oxygens (including phenoxy) is 3. The third kappa shape index (κ3) is 4.99. The minimum atomic E-state index is -0.482. The average Bonchev–Trinajstić information content (AvgIpc) is 2.88. The second kappa shape index (κ2) is 7.78. The third-order valence-corrected chi connectivity index (χ3v) is 3.95. The predicted molar refractivity (Wildman–Crippen MR) is 81.5 cm³/mol. The first-order valence-electron chi connectivity index (χ1n) is 7.71. The van der Waals surface area contributed by atoms with Gasteiger partial charge in [0.05, 0.1) is 19.8 Å². The molecular formula is C17H26O4. The predicted octanol–water partition coefficient (Wildman–Crippen LogP) is 2.92. The number of hydrogen-bond acceptors (Lipinski definition) is 4. The molecule has 118 valence electrons. The van der Waals surface area contributed by atoms with E-state index in [0.29, 0.717) is 6.61 Å². The van der Waals surface area contributed by atoms with Gasteiger partial charge in [0.25, 0.3) is 0 Å².